The molecule has 0 unspecified atom stereocenters. The van der Waals surface area contributed by atoms with E-state index in [1.54, 1.807) is 11.0 Å². The van der Waals surface area contributed by atoms with Gasteiger partial charge in [0, 0.05) is 49.9 Å². The van der Waals surface area contributed by atoms with E-state index in [4.69, 9.17) is 11.6 Å². The highest BCUT2D eigenvalue weighted by atomic mass is 35.5. The first-order valence-electron chi connectivity index (χ1n) is 13.3. The van der Waals surface area contributed by atoms with Crippen molar-refractivity contribution < 1.29 is 36.6 Å². The quantitative estimate of drug-likeness (QED) is 0.329. The van der Waals surface area contributed by atoms with Crippen molar-refractivity contribution in [1.82, 2.24) is 15.5 Å². The summed E-state index contributed by atoms with van der Waals surface area (Å²) < 4.78 is 67.4. The number of carbonyl (C=O) groups is 2. The summed E-state index contributed by atoms with van der Waals surface area (Å²) in [4.78, 5) is 28.6. The SMILES string of the molecule is O=C(NCc1ccc(C(=O)Nc2ccc(Cl)cc2N2CCN(CCC(F)(F)F)CC2)c(F)c1F)N[C@@H]1CCC[C@@H]1O. The number of piperazine rings is 1. The minimum Gasteiger partial charge on any atom is -0.391 e. The first kappa shape index (κ1) is 30.8. The Bertz CT molecular complexity index is 1260. The average molecular weight is 604 g/mol. The lowest BCUT2D eigenvalue weighted by atomic mass is 10.1. The van der Waals surface area contributed by atoms with Gasteiger partial charge >= 0.3 is 12.2 Å². The predicted octanol–water partition coefficient (Wildman–Crippen LogP) is 4.66. The smallest absolute Gasteiger partial charge is 0.390 e. The largest absolute Gasteiger partial charge is 0.391 e. The summed E-state index contributed by atoms with van der Waals surface area (Å²) in [5.41, 5.74) is 0.0558. The molecule has 1 saturated heterocycles. The summed E-state index contributed by atoms with van der Waals surface area (Å²) in [6.45, 7) is 1.03. The van der Waals surface area contributed by atoms with Gasteiger partial charge in [0.2, 0.25) is 0 Å². The van der Waals surface area contributed by atoms with Crippen LogP contribution in [0.2, 0.25) is 5.02 Å². The first-order valence-corrected chi connectivity index (χ1v) is 13.6. The highest BCUT2D eigenvalue weighted by Crippen LogP contribution is 2.31. The number of anilines is 2. The second-order valence-corrected chi connectivity index (χ2v) is 10.6. The summed E-state index contributed by atoms with van der Waals surface area (Å²) >= 11 is 6.16. The van der Waals surface area contributed by atoms with E-state index < -0.39 is 53.9 Å². The summed E-state index contributed by atoms with van der Waals surface area (Å²) in [7, 11) is 0. The van der Waals surface area contributed by atoms with Crippen LogP contribution in [0.4, 0.5) is 38.1 Å². The maximum Gasteiger partial charge on any atom is 0.390 e. The molecule has 8 nitrogen and oxygen atoms in total. The maximum absolute atomic E-state index is 14.9. The molecular formula is C27H31ClF5N5O3. The molecule has 4 rings (SSSR count). The van der Waals surface area contributed by atoms with Crippen molar-refractivity contribution in [3.63, 3.8) is 0 Å². The summed E-state index contributed by atoms with van der Waals surface area (Å²) in [5, 5.41) is 17.8. The van der Waals surface area contributed by atoms with Crippen LogP contribution < -0.4 is 20.9 Å². The Labute approximate surface area is 238 Å². The van der Waals surface area contributed by atoms with Crippen LogP contribution in [0.25, 0.3) is 0 Å². The van der Waals surface area contributed by atoms with E-state index in [-0.39, 0.29) is 24.3 Å². The third kappa shape index (κ3) is 8.20. The van der Waals surface area contributed by atoms with Crippen LogP contribution in [-0.4, -0.2) is 73.0 Å². The Morgan fingerprint density at radius 2 is 1.76 bits per heavy atom. The van der Waals surface area contributed by atoms with E-state index in [9.17, 15) is 36.6 Å². The molecule has 0 bridgehead atoms. The van der Waals surface area contributed by atoms with Crippen LogP contribution in [0.1, 0.15) is 41.6 Å². The molecule has 1 saturated carbocycles. The number of nitrogens with one attached hydrogen (secondary N) is 3. The Kier molecular flexibility index (Phi) is 9.92. The van der Waals surface area contributed by atoms with Crippen LogP contribution in [0, 0.1) is 11.6 Å². The molecule has 1 aliphatic heterocycles. The number of hydrogen-bond donors (Lipinski definition) is 4. The molecule has 2 aromatic rings. The lowest BCUT2D eigenvalue weighted by molar-refractivity contribution is -0.138. The van der Waals surface area contributed by atoms with Gasteiger partial charge in [-0.1, -0.05) is 17.7 Å². The summed E-state index contributed by atoms with van der Waals surface area (Å²) in [5.74, 6) is -3.59. The second kappa shape index (κ2) is 13.2. The Hall–Kier alpha value is -3.16. The standard InChI is InChI=1S/C27H31ClF5N5O3/c28-17-5-7-19(21(14-17)38-12-10-37(11-13-38)9-8-27(31,32)33)35-25(40)18-6-4-16(23(29)24(18)30)15-34-26(41)36-20-2-1-3-22(20)39/h4-7,14,20,22,39H,1-3,8-13,15H2,(H,35,40)(H2,34,36,41)/t20-,22+/m1/s1. The maximum atomic E-state index is 14.9. The van der Waals surface area contributed by atoms with Crippen molar-refractivity contribution in [3.05, 3.63) is 58.1 Å². The van der Waals surface area contributed by atoms with Crippen LogP contribution in [-0.2, 0) is 6.54 Å². The van der Waals surface area contributed by atoms with Crippen LogP contribution in [0.15, 0.2) is 30.3 Å². The summed E-state index contributed by atoms with van der Waals surface area (Å²) in [6, 6.07) is 5.88. The molecule has 2 aromatic carbocycles. The fourth-order valence-electron chi connectivity index (χ4n) is 4.96. The van der Waals surface area contributed by atoms with Gasteiger partial charge in [0.15, 0.2) is 11.6 Å². The van der Waals surface area contributed by atoms with Crippen molar-refractivity contribution >= 4 is 34.9 Å². The van der Waals surface area contributed by atoms with Gasteiger partial charge in [-0.25, -0.2) is 13.6 Å². The van der Waals surface area contributed by atoms with Crippen molar-refractivity contribution in [2.45, 2.75) is 50.6 Å². The van der Waals surface area contributed by atoms with Gasteiger partial charge in [-0.3, -0.25) is 9.69 Å². The molecule has 0 spiro atoms. The molecule has 2 aliphatic rings. The van der Waals surface area contributed by atoms with E-state index in [2.05, 4.69) is 16.0 Å². The molecule has 0 aromatic heterocycles. The molecule has 2 atom stereocenters. The number of urea groups is 1. The number of halogens is 6. The number of carbonyl (C=O) groups excluding carboxylic acids is 2. The first-order chi connectivity index (χ1) is 19.4. The number of hydrogen-bond acceptors (Lipinski definition) is 5. The number of nitrogens with zero attached hydrogens (tertiary/aromatic N) is 2. The number of aliphatic hydroxyl groups excluding tert-OH is 1. The van der Waals surface area contributed by atoms with E-state index in [0.29, 0.717) is 49.7 Å². The van der Waals surface area contributed by atoms with Crippen molar-refractivity contribution in [2.24, 2.45) is 0 Å². The third-order valence-corrected chi connectivity index (χ3v) is 7.51. The van der Waals surface area contributed by atoms with Crippen molar-refractivity contribution in [3.8, 4) is 0 Å². The summed E-state index contributed by atoms with van der Waals surface area (Å²) in [6.07, 6.45) is -3.82. The Morgan fingerprint density at radius 3 is 2.41 bits per heavy atom. The molecule has 3 amide bonds. The van der Waals surface area contributed by atoms with Gasteiger partial charge in [0.25, 0.3) is 5.91 Å². The van der Waals surface area contributed by atoms with Gasteiger partial charge in [-0.15, -0.1) is 0 Å². The van der Waals surface area contributed by atoms with Gasteiger partial charge in [-0.2, -0.15) is 13.2 Å². The predicted molar refractivity (Wildman–Crippen MR) is 144 cm³/mol. The number of aliphatic hydroxyl groups is 1. The average Bonchev–Trinajstić information content (AvgIpc) is 3.33. The minimum atomic E-state index is -4.24. The van der Waals surface area contributed by atoms with Crippen LogP contribution in [0.3, 0.4) is 0 Å². The van der Waals surface area contributed by atoms with Gasteiger partial charge in [-0.05, 0) is 43.5 Å². The van der Waals surface area contributed by atoms with E-state index in [0.717, 1.165) is 12.5 Å². The second-order valence-electron chi connectivity index (χ2n) is 10.1. The Balaban J connectivity index is 1.38. The normalized spacial score (nSPS) is 19.7. The van der Waals surface area contributed by atoms with Crippen LogP contribution >= 0.6 is 11.6 Å². The molecule has 4 N–H and O–H groups in total. The number of alkyl halides is 3. The topological polar surface area (TPSA) is 96.9 Å². The highest BCUT2D eigenvalue weighted by molar-refractivity contribution is 6.31. The molecule has 0 radical (unpaired) electrons. The van der Waals surface area contributed by atoms with Gasteiger partial charge in [0.1, 0.15) is 0 Å². The molecule has 224 valence electrons. The Morgan fingerprint density at radius 1 is 1.02 bits per heavy atom. The minimum absolute atomic E-state index is 0.110. The zero-order valence-corrected chi connectivity index (χ0v) is 22.8. The third-order valence-electron chi connectivity index (χ3n) is 7.27. The van der Waals surface area contributed by atoms with E-state index in [1.807, 2.05) is 4.90 Å². The molecule has 1 aliphatic carbocycles. The van der Waals surface area contributed by atoms with Crippen LogP contribution in [0.5, 0.6) is 0 Å². The van der Waals surface area contributed by atoms with Gasteiger partial charge < -0.3 is 26.0 Å². The molecule has 14 heteroatoms. The number of benzene rings is 2. The number of rotatable bonds is 8. The fraction of sp³-hybridized carbons (Fsp3) is 0.481. The van der Waals surface area contributed by atoms with E-state index in [1.165, 1.54) is 18.2 Å². The van der Waals surface area contributed by atoms with Gasteiger partial charge in [0.05, 0.1) is 35.5 Å². The lowest BCUT2D eigenvalue weighted by Gasteiger charge is -2.37. The fourth-order valence-corrected chi connectivity index (χ4v) is 5.13. The monoisotopic (exact) mass is 603 g/mol. The number of amides is 3. The van der Waals surface area contributed by atoms with E-state index >= 15 is 0 Å². The molecule has 2 fully saturated rings. The van der Waals surface area contributed by atoms with Crippen molar-refractivity contribution in [2.75, 3.05) is 42.9 Å². The molecular weight excluding hydrogens is 573 g/mol. The molecule has 41 heavy (non-hydrogen) atoms. The highest BCUT2D eigenvalue weighted by Gasteiger charge is 2.30. The zero-order valence-electron chi connectivity index (χ0n) is 22.0. The zero-order chi connectivity index (χ0) is 29.7. The van der Waals surface area contributed by atoms with Crippen molar-refractivity contribution in [1.29, 1.82) is 0 Å². The lowest BCUT2D eigenvalue weighted by Crippen LogP contribution is -2.47. The molecule has 1 heterocycles.